The zero-order chi connectivity index (χ0) is 19.5. The molecule has 0 spiro atoms. The monoisotopic (exact) mass is 372 g/mol. The first-order valence-corrected chi connectivity index (χ1v) is 8.63. The van der Waals surface area contributed by atoms with Crippen LogP contribution in [0, 0.1) is 0 Å². The largest absolute Gasteiger partial charge is 0.497 e. The lowest BCUT2D eigenvalue weighted by Gasteiger charge is -2.07. The van der Waals surface area contributed by atoms with E-state index in [0.29, 0.717) is 28.4 Å². The normalized spacial score (nSPS) is 13.8. The Morgan fingerprint density at radius 3 is 2.54 bits per heavy atom. The van der Waals surface area contributed by atoms with E-state index in [0.717, 1.165) is 5.56 Å². The molecule has 0 fully saturated rings. The Morgan fingerprint density at radius 2 is 1.75 bits per heavy atom. The first-order valence-electron chi connectivity index (χ1n) is 8.63. The molecule has 0 unspecified atom stereocenters. The third-order valence-electron chi connectivity index (χ3n) is 4.25. The van der Waals surface area contributed by atoms with Gasteiger partial charge in [-0.15, -0.1) is 0 Å². The highest BCUT2D eigenvalue weighted by Crippen LogP contribution is 2.35. The summed E-state index contributed by atoms with van der Waals surface area (Å²) in [5.41, 5.74) is 1.66. The van der Waals surface area contributed by atoms with Gasteiger partial charge in [0, 0.05) is 6.07 Å². The molecule has 1 heterocycles. The van der Waals surface area contributed by atoms with E-state index in [1.54, 1.807) is 42.5 Å². The molecule has 5 heteroatoms. The van der Waals surface area contributed by atoms with Gasteiger partial charge >= 0.3 is 5.97 Å². The fraction of sp³-hybridized carbons (Fsp3) is 0.0435. The quantitative estimate of drug-likeness (QED) is 0.382. The molecule has 0 amide bonds. The molecule has 138 valence electrons. The van der Waals surface area contributed by atoms with Crippen molar-refractivity contribution in [2.45, 2.75) is 0 Å². The van der Waals surface area contributed by atoms with Gasteiger partial charge in [-0.2, -0.15) is 0 Å². The van der Waals surface area contributed by atoms with E-state index in [9.17, 15) is 9.59 Å². The van der Waals surface area contributed by atoms with Gasteiger partial charge in [0.25, 0.3) is 0 Å². The number of carbonyl (C=O) groups excluding carboxylic acids is 2. The summed E-state index contributed by atoms with van der Waals surface area (Å²) in [5.74, 6) is 0.724. The van der Waals surface area contributed by atoms with Crippen molar-refractivity contribution in [3.63, 3.8) is 0 Å². The summed E-state index contributed by atoms with van der Waals surface area (Å²) in [6.07, 6.45) is 1.68. The highest BCUT2D eigenvalue weighted by molar-refractivity contribution is 6.14. The van der Waals surface area contributed by atoms with Crippen LogP contribution < -0.4 is 14.2 Å². The maximum absolute atomic E-state index is 12.5. The van der Waals surface area contributed by atoms with Gasteiger partial charge in [0.1, 0.15) is 17.2 Å². The zero-order valence-corrected chi connectivity index (χ0v) is 15.0. The Labute approximate surface area is 161 Å². The number of carbonyl (C=O) groups is 2. The minimum atomic E-state index is -0.525. The molecule has 0 saturated heterocycles. The predicted octanol–water partition coefficient (Wildman–Crippen LogP) is 4.53. The number of allylic oxidation sites excluding steroid dienone is 1. The Kier molecular flexibility index (Phi) is 4.64. The number of hydrogen-bond donors (Lipinski definition) is 0. The van der Waals surface area contributed by atoms with E-state index in [1.807, 2.05) is 30.3 Å². The molecule has 0 N–H and O–H groups in total. The number of methoxy groups -OCH3 is 1. The van der Waals surface area contributed by atoms with Crippen LogP contribution in [0.5, 0.6) is 17.2 Å². The van der Waals surface area contributed by atoms with Crippen LogP contribution in [0.2, 0.25) is 0 Å². The van der Waals surface area contributed by atoms with Crippen LogP contribution in [0.25, 0.3) is 6.08 Å². The van der Waals surface area contributed by atoms with Crippen LogP contribution in [0.1, 0.15) is 26.3 Å². The van der Waals surface area contributed by atoms with E-state index in [2.05, 4.69) is 0 Å². The number of fused-ring (bicyclic) bond motifs is 1. The standard InChI is InChI=1S/C23H16O5/c1-26-17-9-5-8-16(13-17)23(25)27-18-10-11-19-20(14-18)28-21(22(19)24)12-15-6-3-2-4-7-15/h2-14H,1H3/b21-12-. The third-order valence-corrected chi connectivity index (χ3v) is 4.25. The molecule has 1 aliphatic rings. The van der Waals surface area contributed by atoms with Crippen molar-refractivity contribution in [3.05, 3.63) is 95.2 Å². The van der Waals surface area contributed by atoms with E-state index in [-0.39, 0.29) is 11.5 Å². The predicted molar refractivity (Wildman–Crippen MR) is 104 cm³/mol. The van der Waals surface area contributed by atoms with Gasteiger partial charge < -0.3 is 14.2 Å². The second-order valence-electron chi connectivity index (χ2n) is 6.13. The van der Waals surface area contributed by atoms with Crippen molar-refractivity contribution < 1.29 is 23.8 Å². The Bertz CT molecular complexity index is 1080. The first kappa shape index (κ1) is 17.5. The van der Waals surface area contributed by atoms with Gasteiger partial charge in [0.15, 0.2) is 5.76 Å². The number of rotatable bonds is 4. The second kappa shape index (κ2) is 7.40. The van der Waals surface area contributed by atoms with Crippen molar-refractivity contribution in [2.75, 3.05) is 7.11 Å². The fourth-order valence-corrected chi connectivity index (χ4v) is 2.85. The molecular weight excluding hydrogens is 356 g/mol. The summed E-state index contributed by atoms with van der Waals surface area (Å²) >= 11 is 0. The van der Waals surface area contributed by atoms with Crippen LogP contribution in [-0.4, -0.2) is 18.9 Å². The molecule has 3 aromatic rings. The lowest BCUT2D eigenvalue weighted by atomic mass is 10.1. The highest BCUT2D eigenvalue weighted by atomic mass is 16.5. The van der Waals surface area contributed by atoms with Crippen molar-refractivity contribution >= 4 is 17.8 Å². The lowest BCUT2D eigenvalue weighted by molar-refractivity contribution is 0.0734. The summed E-state index contributed by atoms with van der Waals surface area (Å²) in [5, 5.41) is 0. The summed E-state index contributed by atoms with van der Waals surface area (Å²) in [7, 11) is 1.53. The number of benzene rings is 3. The second-order valence-corrected chi connectivity index (χ2v) is 6.13. The first-order chi connectivity index (χ1) is 13.6. The van der Waals surface area contributed by atoms with Gasteiger partial charge in [-0.1, -0.05) is 36.4 Å². The average Bonchev–Trinajstić information content (AvgIpc) is 3.03. The molecule has 3 aromatic carbocycles. The Balaban J connectivity index is 1.54. The van der Waals surface area contributed by atoms with Gasteiger partial charge in [-0.05, 0) is 42.0 Å². The Hall–Kier alpha value is -3.86. The Morgan fingerprint density at radius 1 is 0.929 bits per heavy atom. The molecule has 0 bridgehead atoms. The number of esters is 1. The number of ketones is 1. The summed E-state index contributed by atoms with van der Waals surface area (Å²) < 4.78 is 16.2. The fourth-order valence-electron chi connectivity index (χ4n) is 2.85. The van der Waals surface area contributed by atoms with Crippen molar-refractivity contribution in [1.29, 1.82) is 0 Å². The van der Waals surface area contributed by atoms with Crippen LogP contribution >= 0.6 is 0 Å². The molecule has 1 aliphatic heterocycles. The molecule has 0 saturated carbocycles. The minimum absolute atomic E-state index is 0.204. The van der Waals surface area contributed by atoms with E-state index in [1.165, 1.54) is 13.2 Å². The molecule has 5 nitrogen and oxygen atoms in total. The SMILES string of the molecule is COc1cccc(C(=O)Oc2ccc3c(c2)O/C(=C\c2ccccc2)C3=O)c1. The van der Waals surface area contributed by atoms with Crippen LogP contribution in [0.3, 0.4) is 0 Å². The van der Waals surface area contributed by atoms with E-state index >= 15 is 0 Å². The van der Waals surface area contributed by atoms with Gasteiger partial charge in [0.05, 0.1) is 18.2 Å². The minimum Gasteiger partial charge on any atom is -0.497 e. The van der Waals surface area contributed by atoms with Crippen LogP contribution in [0.4, 0.5) is 0 Å². The van der Waals surface area contributed by atoms with Crippen LogP contribution in [-0.2, 0) is 0 Å². The maximum Gasteiger partial charge on any atom is 0.343 e. The number of hydrogen-bond acceptors (Lipinski definition) is 5. The topological polar surface area (TPSA) is 61.8 Å². The summed E-state index contributed by atoms with van der Waals surface area (Å²) in [6.45, 7) is 0. The molecule has 0 aromatic heterocycles. The molecule has 0 radical (unpaired) electrons. The van der Waals surface area contributed by atoms with E-state index < -0.39 is 5.97 Å². The highest BCUT2D eigenvalue weighted by Gasteiger charge is 2.28. The third kappa shape index (κ3) is 3.50. The van der Waals surface area contributed by atoms with Gasteiger partial charge in [0.2, 0.25) is 5.78 Å². The average molecular weight is 372 g/mol. The van der Waals surface area contributed by atoms with Crippen molar-refractivity contribution in [1.82, 2.24) is 0 Å². The zero-order valence-electron chi connectivity index (χ0n) is 15.0. The van der Waals surface area contributed by atoms with Crippen molar-refractivity contribution in [3.8, 4) is 17.2 Å². The summed E-state index contributed by atoms with van der Waals surface area (Å²) in [6, 6.07) is 20.8. The van der Waals surface area contributed by atoms with Crippen molar-refractivity contribution in [2.24, 2.45) is 0 Å². The summed E-state index contributed by atoms with van der Waals surface area (Å²) in [4.78, 5) is 24.9. The molecule has 0 atom stereocenters. The molecule has 4 rings (SSSR count). The molecule has 28 heavy (non-hydrogen) atoms. The smallest absolute Gasteiger partial charge is 0.343 e. The molecule has 0 aliphatic carbocycles. The number of ether oxygens (including phenoxy) is 3. The molecular formula is C23H16O5. The van der Waals surface area contributed by atoms with E-state index in [4.69, 9.17) is 14.2 Å². The maximum atomic E-state index is 12.5. The van der Waals surface area contributed by atoms with Gasteiger partial charge in [-0.3, -0.25) is 4.79 Å². The van der Waals surface area contributed by atoms with Gasteiger partial charge in [-0.25, -0.2) is 4.79 Å². The van der Waals surface area contributed by atoms with Crippen LogP contribution in [0.15, 0.2) is 78.6 Å². The lowest BCUT2D eigenvalue weighted by Crippen LogP contribution is -2.08. The number of Topliss-reactive ketones (excluding diaryl/α,β-unsaturated/α-hetero) is 1.